The smallest absolute Gasteiger partial charge is 0.333 e. The first kappa shape index (κ1) is 32.7. The van der Waals surface area contributed by atoms with E-state index in [0.29, 0.717) is 30.7 Å². The molecule has 0 saturated carbocycles. The lowest BCUT2D eigenvalue weighted by atomic mass is 9.75. The molecular formula is C25H46N4O8. The molecule has 3 amide bonds. The number of hydrogen-bond donors (Lipinski definition) is 5. The largest absolute Gasteiger partial charge is 0.481 e. The molecule has 0 radical (unpaired) electrons. The highest BCUT2D eigenvalue weighted by Crippen LogP contribution is 2.64. The van der Waals surface area contributed by atoms with Gasteiger partial charge in [0, 0.05) is 12.0 Å². The number of unbranched alkanes of at least 4 members (excludes halogenated alkanes) is 1. The molecule has 0 spiro atoms. The van der Waals surface area contributed by atoms with Gasteiger partial charge in [0.1, 0.15) is 5.54 Å². The van der Waals surface area contributed by atoms with Crippen LogP contribution in [0.15, 0.2) is 0 Å². The molecule has 0 aliphatic carbocycles. The van der Waals surface area contributed by atoms with Gasteiger partial charge in [0.25, 0.3) is 11.8 Å². The lowest BCUT2D eigenvalue weighted by Gasteiger charge is -2.39. The van der Waals surface area contributed by atoms with Gasteiger partial charge in [-0.2, -0.15) is 0 Å². The Labute approximate surface area is 219 Å². The molecule has 0 aromatic rings. The fraction of sp³-hybridized carbons (Fsp3) is 0.840. The summed E-state index contributed by atoms with van der Waals surface area (Å²) >= 11 is 0. The highest BCUT2D eigenvalue weighted by molar-refractivity contribution is 6.12. The number of carbonyl (C=O) groups excluding carboxylic acids is 2. The Kier molecular flexibility index (Phi) is 9.27. The van der Waals surface area contributed by atoms with Crippen LogP contribution in [0.2, 0.25) is 0 Å². The molecule has 1 heterocycles. The first-order valence-electron chi connectivity index (χ1n) is 12.5. The monoisotopic (exact) mass is 530 g/mol. The number of aliphatic hydroxyl groups is 1. The summed E-state index contributed by atoms with van der Waals surface area (Å²) in [6.45, 7) is 15.6. The van der Waals surface area contributed by atoms with Gasteiger partial charge in [-0.1, -0.05) is 20.8 Å². The van der Waals surface area contributed by atoms with Crippen molar-refractivity contribution in [3.8, 4) is 0 Å². The number of amides is 3. The minimum Gasteiger partial charge on any atom is -0.481 e. The predicted octanol–water partition coefficient (Wildman–Crippen LogP) is 2.07. The zero-order chi connectivity index (χ0) is 29.4. The molecule has 37 heavy (non-hydrogen) atoms. The number of aliphatic carboxylic acids is 2. The van der Waals surface area contributed by atoms with E-state index in [1.807, 2.05) is 20.8 Å². The van der Waals surface area contributed by atoms with Gasteiger partial charge >= 0.3 is 18.0 Å². The van der Waals surface area contributed by atoms with Crippen LogP contribution >= 0.6 is 0 Å². The van der Waals surface area contributed by atoms with Crippen molar-refractivity contribution >= 4 is 23.9 Å². The number of urea groups is 1. The Balaban J connectivity index is 3.75. The summed E-state index contributed by atoms with van der Waals surface area (Å²) in [5.74, 6) is -6.52. The van der Waals surface area contributed by atoms with E-state index in [4.69, 9.17) is 21.3 Å². The van der Waals surface area contributed by atoms with Crippen LogP contribution in [0.3, 0.4) is 0 Å². The van der Waals surface area contributed by atoms with Gasteiger partial charge in [-0.3, -0.25) is 19.4 Å². The van der Waals surface area contributed by atoms with Crippen LogP contribution < -0.4 is 11.5 Å². The van der Waals surface area contributed by atoms with Crippen LogP contribution in [-0.4, -0.2) is 83.7 Å². The molecule has 1 unspecified atom stereocenters. The van der Waals surface area contributed by atoms with Gasteiger partial charge < -0.3 is 31.5 Å². The summed E-state index contributed by atoms with van der Waals surface area (Å²) in [7, 11) is 0. The number of hydrogen-bond acceptors (Lipinski definition) is 8. The second kappa shape index (κ2) is 10.5. The Morgan fingerprint density at radius 2 is 1.46 bits per heavy atom. The SMILES string of the molecule is CC(C)(C)O[C@]1(O)N(C(=O)N(C(=O)C(N)(CCC(=O)O)C(=O)O)C(C)(C)C)[C@@]1(CCCCN)C(C)(C)C. The van der Waals surface area contributed by atoms with Crippen molar-refractivity contribution in [3.05, 3.63) is 0 Å². The van der Waals surface area contributed by atoms with Crippen LogP contribution in [-0.2, 0) is 19.1 Å². The van der Waals surface area contributed by atoms with Gasteiger partial charge in [-0.25, -0.2) is 9.59 Å². The minimum absolute atomic E-state index is 0.296. The third-order valence-electron chi connectivity index (χ3n) is 6.61. The fourth-order valence-electron chi connectivity index (χ4n) is 4.81. The van der Waals surface area contributed by atoms with E-state index in [1.165, 1.54) is 20.8 Å². The normalized spacial score (nSPS) is 23.8. The maximum Gasteiger partial charge on any atom is 0.333 e. The maximum atomic E-state index is 14.2. The summed E-state index contributed by atoms with van der Waals surface area (Å²) in [6.07, 6.45) is 0.0231. The molecule has 1 fully saturated rings. The molecule has 0 bridgehead atoms. The number of nitrogens with two attached hydrogens (primary N) is 2. The number of rotatable bonds is 10. The fourth-order valence-corrected chi connectivity index (χ4v) is 4.81. The summed E-state index contributed by atoms with van der Waals surface area (Å²) in [5, 5.41) is 30.8. The number of carboxylic acid groups (broad SMARTS) is 2. The second-order valence-corrected chi connectivity index (χ2v) is 12.8. The predicted molar refractivity (Wildman–Crippen MR) is 136 cm³/mol. The molecule has 12 nitrogen and oxygen atoms in total. The van der Waals surface area contributed by atoms with Crippen molar-refractivity contribution in [2.75, 3.05) is 6.54 Å². The number of imide groups is 1. The highest BCUT2D eigenvalue weighted by atomic mass is 16.7. The lowest BCUT2D eigenvalue weighted by molar-refractivity contribution is -0.223. The van der Waals surface area contributed by atoms with Crippen molar-refractivity contribution < 1.29 is 39.2 Å². The first-order valence-corrected chi connectivity index (χ1v) is 12.5. The van der Waals surface area contributed by atoms with Gasteiger partial charge in [-0.15, -0.1) is 0 Å². The Morgan fingerprint density at radius 1 is 0.946 bits per heavy atom. The summed E-state index contributed by atoms with van der Waals surface area (Å²) < 4.78 is 6.06. The molecule has 1 rings (SSSR count). The van der Waals surface area contributed by atoms with Crippen molar-refractivity contribution in [1.82, 2.24) is 9.80 Å². The van der Waals surface area contributed by atoms with E-state index < -0.39 is 70.3 Å². The van der Waals surface area contributed by atoms with E-state index in [2.05, 4.69) is 0 Å². The van der Waals surface area contributed by atoms with Gasteiger partial charge in [-0.05, 0) is 79.2 Å². The standard InChI is InChI=1S/C25H46N4O8/c1-20(2,3)24(13-10-11-15-26)25(36,37-22(7,8)9)29(24)19(35)28(21(4,5)6)17(32)23(27,18(33)34)14-12-16(30)31/h36H,10-15,26-27H2,1-9H3,(H,30,31)(H,33,34)/t23?,24-,25-,29?/m0/s1. The average Bonchev–Trinajstić information content (AvgIpc) is 3.21. The molecule has 3 atom stereocenters. The third kappa shape index (κ3) is 6.24. The second-order valence-electron chi connectivity index (χ2n) is 12.8. The molecule has 214 valence electrons. The zero-order valence-corrected chi connectivity index (χ0v) is 23.7. The zero-order valence-electron chi connectivity index (χ0n) is 23.7. The molecule has 1 aliphatic heterocycles. The van der Waals surface area contributed by atoms with Crippen molar-refractivity contribution in [2.45, 2.75) is 123 Å². The van der Waals surface area contributed by atoms with Gasteiger partial charge in [0.2, 0.25) is 0 Å². The number of nitrogens with zero attached hydrogens (tertiary/aromatic N) is 2. The van der Waals surface area contributed by atoms with E-state index >= 15 is 0 Å². The minimum atomic E-state index is -2.69. The van der Waals surface area contributed by atoms with E-state index in [1.54, 1.807) is 20.8 Å². The van der Waals surface area contributed by atoms with E-state index in [9.17, 15) is 29.4 Å². The topological polar surface area (TPSA) is 196 Å². The molecule has 0 aromatic heterocycles. The summed E-state index contributed by atoms with van der Waals surface area (Å²) in [4.78, 5) is 52.9. The average molecular weight is 531 g/mol. The van der Waals surface area contributed by atoms with Crippen molar-refractivity contribution in [1.29, 1.82) is 0 Å². The molecule has 1 aliphatic rings. The third-order valence-corrected chi connectivity index (χ3v) is 6.61. The van der Waals surface area contributed by atoms with Gasteiger partial charge in [0.05, 0.1) is 5.60 Å². The van der Waals surface area contributed by atoms with Gasteiger partial charge in [0.15, 0.2) is 5.54 Å². The number of carboxylic acids is 2. The highest BCUT2D eigenvalue weighted by Gasteiger charge is 2.84. The van der Waals surface area contributed by atoms with E-state index in [-0.39, 0.29) is 0 Å². The summed E-state index contributed by atoms with van der Waals surface area (Å²) in [6, 6.07) is -0.988. The molecular weight excluding hydrogens is 484 g/mol. The first-order chi connectivity index (χ1) is 16.4. The van der Waals surface area contributed by atoms with Crippen molar-refractivity contribution in [2.24, 2.45) is 16.9 Å². The van der Waals surface area contributed by atoms with Crippen LogP contribution in [0.5, 0.6) is 0 Å². The number of carbonyl (C=O) groups is 4. The summed E-state index contributed by atoms with van der Waals surface area (Å²) in [5.41, 5.74) is 4.75. The molecule has 0 aromatic carbocycles. The Morgan fingerprint density at radius 3 is 1.81 bits per heavy atom. The number of ether oxygens (including phenoxy) is 1. The maximum absolute atomic E-state index is 14.2. The van der Waals surface area contributed by atoms with Crippen LogP contribution in [0, 0.1) is 5.41 Å². The van der Waals surface area contributed by atoms with Crippen molar-refractivity contribution in [3.63, 3.8) is 0 Å². The van der Waals surface area contributed by atoms with Crippen LogP contribution in [0.4, 0.5) is 4.79 Å². The Hall–Kier alpha value is -2.28. The van der Waals surface area contributed by atoms with E-state index in [0.717, 1.165) is 4.90 Å². The van der Waals surface area contributed by atoms with Crippen LogP contribution in [0.25, 0.3) is 0 Å². The molecule has 1 saturated heterocycles. The lowest BCUT2D eigenvalue weighted by Crippen LogP contribution is -2.66. The molecule has 12 heteroatoms. The van der Waals surface area contributed by atoms with Crippen LogP contribution in [0.1, 0.15) is 94.4 Å². The molecule has 7 N–H and O–H groups in total. The quantitative estimate of drug-likeness (QED) is 0.121. The Bertz CT molecular complexity index is 904.